The van der Waals surface area contributed by atoms with E-state index in [-0.39, 0.29) is 24.1 Å². The number of amides is 1. The first-order chi connectivity index (χ1) is 13.3. The number of nitrogens with one attached hydrogen (secondary N) is 1. The summed E-state index contributed by atoms with van der Waals surface area (Å²) in [6, 6.07) is 7.52. The van der Waals surface area contributed by atoms with Crippen LogP contribution in [0.3, 0.4) is 0 Å². The van der Waals surface area contributed by atoms with Gasteiger partial charge >= 0.3 is 12.1 Å². The van der Waals surface area contributed by atoms with Crippen LogP contribution in [-0.4, -0.2) is 39.0 Å². The van der Waals surface area contributed by atoms with Gasteiger partial charge in [0.25, 0.3) is 5.91 Å². The summed E-state index contributed by atoms with van der Waals surface area (Å²) in [6.07, 6.45) is -2.61. The second kappa shape index (κ2) is 6.77. The Balaban J connectivity index is 1.45. The minimum absolute atomic E-state index is 0.0545. The molecule has 1 fully saturated rings. The third-order valence-electron chi connectivity index (χ3n) is 4.62. The van der Waals surface area contributed by atoms with Gasteiger partial charge in [0.2, 0.25) is 0 Å². The molecule has 0 aliphatic carbocycles. The van der Waals surface area contributed by atoms with Gasteiger partial charge in [-0.05, 0) is 35.7 Å². The molecule has 1 aliphatic heterocycles. The third kappa shape index (κ3) is 3.49. The summed E-state index contributed by atoms with van der Waals surface area (Å²) in [4.78, 5) is 20.5. The van der Waals surface area contributed by atoms with Crippen molar-refractivity contribution in [3.8, 4) is 11.1 Å². The largest absolute Gasteiger partial charge is 0.471 e. The van der Waals surface area contributed by atoms with Gasteiger partial charge in [-0.1, -0.05) is 17.3 Å². The van der Waals surface area contributed by atoms with Crippen LogP contribution in [0, 0.1) is 5.82 Å². The highest BCUT2D eigenvalue weighted by molar-refractivity contribution is 5.94. The maximum Gasteiger partial charge on any atom is 0.471 e. The van der Waals surface area contributed by atoms with Gasteiger partial charge in [0, 0.05) is 25.2 Å². The zero-order chi connectivity index (χ0) is 19.9. The average molecular weight is 394 g/mol. The number of carbonyl (C=O) groups is 1. The minimum atomic E-state index is -4.69. The first-order valence-corrected chi connectivity index (χ1v) is 8.45. The molecule has 1 aromatic carbocycles. The number of carbonyl (C=O) groups excluding carboxylic acids is 1. The number of aromatic amines is 1. The predicted octanol–water partition coefficient (Wildman–Crippen LogP) is 3.85. The molecule has 0 saturated carbocycles. The molecule has 0 unspecified atom stereocenters. The van der Waals surface area contributed by atoms with E-state index in [1.807, 2.05) is 0 Å². The van der Waals surface area contributed by atoms with Gasteiger partial charge in [-0.2, -0.15) is 18.2 Å². The molecule has 1 N–H and O–H groups in total. The molecule has 146 valence electrons. The quantitative estimate of drug-likeness (QED) is 0.685. The zero-order valence-electron chi connectivity index (χ0n) is 14.3. The van der Waals surface area contributed by atoms with Crippen LogP contribution < -0.4 is 0 Å². The summed E-state index contributed by atoms with van der Waals surface area (Å²) >= 11 is 0. The van der Waals surface area contributed by atoms with Crippen LogP contribution >= 0.6 is 0 Å². The van der Waals surface area contributed by atoms with E-state index < -0.39 is 18.0 Å². The summed E-state index contributed by atoms with van der Waals surface area (Å²) in [7, 11) is 0. The summed E-state index contributed by atoms with van der Waals surface area (Å²) in [6.45, 7) is 0.560. The lowest BCUT2D eigenvalue weighted by Crippen LogP contribution is -2.28. The Morgan fingerprint density at radius 1 is 1.21 bits per heavy atom. The molecule has 3 heterocycles. The molecular formula is C18H14F4N4O2. The number of hydrogen-bond acceptors (Lipinski definition) is 4. The van der Waals surface area contributed by atoms with E-state index in [0.717, 1.165) is 11.1 Å². The number of H-pyrrole nitrogens is 1. The van der Waals surface area contributed by atoms with Crippen molar-refractivity contribution < 1.29 is 26.9 Å². The lowest BCUT2D eigenvalue weighted by molar-refractivity contribution is -0.159. The van der Waals surface area contributed by atoms with E-state index in [4.69, 9.17) is 0 Å². The topological polar surface area (TPSA) is 75.0 Å². The summed E-state index contributed by atoms with van der Waals surface area (Å²) < 4.78 is 55.1. The average Bonchev–Trinajstić information content (AvgIpc) is 3.39. The normalized spacial score (nSPS) is 17.3. The molecule has 0 bridgehead atoms. The van der Waals surface area contributed by atoms with Gasteiger partial charge in [-0.3, -0.25) is 4.79 Å². The fourth-order valence-electron chi connectivity index (χ4n) is 3.17. The van der Waals surface area contributed by atoms with Gasteiger partial charge in [0.1, 0.15) is 11.5 Å². The Hall–Kier alpha value is -3.17. The van der Waals surface area contributed by atoms with E-state index >= 15 is 0 Å². The van der Waals surface area contributed by atoms with Crippen LogP contribution in [-0.2, 0) is 6.18 Å². The number of nitrogens with zero attached hydrogens (tertiary/aromatic N) is 3. The monoisotopic (exact) mass is 394 g/mol. The van der Waals surface area contributed by atoms with E-state index in [0.29, 0.717) is 18.7 Å². The minimum Gasteiger partial charge on any atom is -0.357 e. The van der Waals surface area contributed by atoms with Crippen molar-refractivity contribution in [2.24, 2.45) is 0 Å². The fourth-order valence-corrected chi connectivity index (χ4v) is 3.17. The van der Waals surface area contributed by atoms with Crippen LogP contribution in [0.4, 0.5) is 17.6 Å². The van der Waals surface area contributed by atoms with Crippen molar-refractivity contribution >= 4 is 5.91 Å². The number of rotatable bonds is 3. The number of likely N-dealkylation sites (tertiary alicyclic amines) is 1. The first-order valence-electron chi connectivity index (χ1n) is 8.45. The molecule has 3 aromatic rings. The van der Waals surface area contributed by atoms with E-state index in [1.54, 1.807) is 24.4 Å². The number of alkyl halides is 3. The fraction of sp³-hybridized carbons (Fsp3) is 0.278. The maximum atomic E-state index is 13.0. The van der Waals surface area contributed by atoms with Gasteiger partial charge in [-0.25, -0.2) is 4.39 Å². The van der Waals surface area contributed by atoms with Gasteiger partial charge < -0.3 is 14.4 Å². The van der Waals surface area contributed by atoms with E-state index in [9.17, 15) is 22.4 Å². The van der Waals surface area contributed by atoms with Crippen LogP contribution in [0.2, 0.25) is 0 Å². The predicted molar refractivity (Wildman–Crippen MR) is 88.7 cm³/mol. The van der Waals surface area contributed by atoms with Crippen molar-refractivity contribution in [2.75, 3.05) is 13.1 Å². The number of aromatic nitrogens is 3. The highest BCUT2D eigenvalue weighted by atomic mass is 19.4. The lowest BCUT2D eigenvalue weighted by Gasteiger charge is -2.14. The molecule has 1 aliphatic rings. The smallest absolute Gasteiger partial charge is 0.357 e. The van der Waals surface area contributed by atoms with Crippen LogP contribution in [0.5, 0.6) is 0 Å². The number of benzene rings is 1. The highest BCUT2D eigenvalue weighted by Gasteiger charge is 2.40. The van der Waals surface area contributed by atoms with Gasteiger partial charge in [0.05, 0.1) is 0 Å². The second-order valence-electron chi connectivity index (χ2n) is 6.50. The van der Waals surface area contributed by atoms with Crippen molar-refractivity contribution in [3.63, 3.8) is 0 Å². The Labute approximate surface area is 156 Å². The van der Waals surface area contributed by atoms with Crippen molar-refractivity contribution in [2.45, 2.75) is 18.5 Å². The van der Waals surface area contributed by atoms with Crippen molar-refractivity contribution in [1.29, 1.82) is 0 Å². The molecule has 2 aromatic heterocycles. The third-order valence-corrected chi connectivity index (χ3v) is 4.62. The molecule has 1 saturated heterocycles. The summed E-state index contributed by atoms with van der Waals surface area (Å²) in [5.41, 5.74) is 1.82. The van der Waals surface area contributed by atoms with Crippen molar-refractivity contribution in [1.82, 2.24) is 20.0 Å². The Bertz CT molecular complexity index is 994. The first kappa shape index (κ1) is 18.2. The zero-order valence-corrected chi connectivity index (χ0v) is 14.3. The Morgan fingerprint density at radius 3 is 2.64 bits per heavy atom. The van der Waals surface area contributed by atoms with Gasteiger partial charge in [-0.15, -0.1) is 0 Å². The standard InChI is InChI=1S/C18H14F4N4O2/c19-13-3-1-10(2-4-13)12-7-14(23-8-12)16(27)26-6-5-11(9-26)15-24-17(28-25-15)18(20,21)22/h1-4,7-8,11,23H,5-6,9H2/t11-/m0/s1. The van der Waals surface area contributed by atoms with Crippen LogP contribution in [0.15, 0.2) is 41.1 Å². The summed E-state index contributed by atoms with van der Waals surface area (Å²) in [5.74, 6) is -2.50. The lowest BCUT2D eigenvalue weighted by atomic mass is 10.1. The van der Waals surface area contributed by atoms with Crippen LogP contribution in [0.1, 0.15) is 34.5 Å². The Morgan fingerprint density at radius 2 is 1.96 bits per heavy atom. The maximum absolute atomic E-state index is 13.0. The van der Waals surface area contributed by atoms with E-state index in [1.165, 1.54) is 17.0 Å². The SMILES string of the molecule is O=C(c1cc(-c2ccc(F)cc2)c[nH]1)N1CC[C@H](c2noc(C(F)(F)F)n2)C1. The van der Waals surface area contributed by atoms with Crippen LogP contribution in [0.25, 0.3) is 11.1 Å². The second-order valence-corrected chi connectivity index (χ2v) is 6.50. The Kier molecular flexibility index (Phi) is 4.40. The molecule has 1 amide bonds. The highest BCUT2D eigenvalue weighted by Crippen LogP contribution is 2.31. The number of halogens is 4. The molecular weight excluding hydrogens is 380 g/mol. The van der Waals surface area contributed by atoms with E-state index in [2.05, 4.69) is 19.6 Å². The van der Waals surface area contributed by atoms with Crippen molar-refractivity contribution in [3.05, 3.63) is 59.8 Å². The molecule has 0 radical (unpaired) electrons. The summed E-state index contributed by atoms with van der Waals surface area (Å²) in [5, 5.41) is 3.40. The number of hydrogen-bond donors (Lipinski definition) is 1. The molecule has 6 nitrogen and oxygen atoms in total. The molecule has 0 spiro atoms. The van der Waals surface area contributed by atoms with Gasteiger partial charge in [0.15, 0.2) is 5.82 Å². The molecule has 28 heavy (non-hydrogen) atoms. The molecule has 1 atom stereocenters. The molecule has 4 rings (SSSR count). The molecule has 10 heteroatoms.